The number of imidazole rings is 1. The van der Waals surface area contributed by atoms with Crippen molar-refractivity contribution in [3.63, 3.8) is 0 Å². The predicted octanol–water partition coefficient (Wildman–Crippen LogP) is 3.68. The lowest BCUT2D eigenvalue weighted by molar-refractivity contribution is 0.415. The number of nitriles is 1. The normalized spacial score (nSPS) is 10.3. The summed E-state index contributed by atoms with van der Waals surface area (Å²) in [6, 6.07) is 11.0. The van der Waals surface area contributed by atoms with Gasteiger partial charge in [-0.15, -0.1) is 0 Å². The largest absolute Gasteiger partial charge is 0.495 e. The van der Waals surface area contributed by atoms with E-state index in [1.807, 2.05) is 23.7 Å². The summed E-state index contributed by atoms with van der Waals surface area (Å²) in [5, 5.41) is 9.61. The second kappa shape index (κ2) is 6.11. The summed E-state index contributed by atoms with van der Waals surface area (Å²) in [6.45, 7) is 0. The summed E-state index contributed by atoms with van der Waals surface area (Å²) < 4.78 is 7.19. The molecule has 3 rings (SSSR count). The number of rotatable bonds is 3. The minimum atomic E-state index is 0.542. The Morgan fingerprint density at radius 1 is 1.22 bits per heavy atom. The van der Waals surface area contributed by atoms with E-state index in [2.05, 4.69) is 16.0 Å². The van der Waals surface area contributed by atoms with Gasteiger partial charge in [0.15, 0.2) is 0 Å². The predicted molar refractivity (Wildman–Crippen MR) is 88.2 cm³/mol. The highest BCUT2D eigenvalue weighted by Gasteiger charge is 2.16. The molecule has 0 aliphatic heterocycles. The number of aryl methyl sites for hydroxylation is 1. The minimum Gasteiger partial charge on any atom is -0.495 e. The molecule has 0 amide bonds. The number of aromatic nitrogens is 3. The number of benzene rings is 1. The fraction of sp³-hybridized carbons (Fsp3) is 0.118. The highest BCUT2D eigenvalue weighted by Crippen LogP contribution is 2.34. The van der Waals surface area contributed by atoms with Crippen molar-refractivity contribution >= 4 is 11.6 Å². The molecule has 114 valence electrons. The second-order valence-electron chi connectivity index (χ2n) is 4.94. The molecule has 1 aromatic carbocycles. The molecule has 0 saturated heterocycles. The quantitative estimate of drug-likeness (QED) is 0.737. The van der Waals surface area contributed by atoms with Gasteiger partial charge in [0.1, 0.15) is 11.4 Å². The minimum absolute atomic E-state index is 0.542. The first kappa shape index (κ1) is 15.1. The molecule has 0 saturated carbocycles. The highest BCUT2D eigenvalue weighted by atomic mass is 35.5. The lowest BCUT2D eigenvalue weighted by atomic mass is 10.1. The van der Waals surface area contributed by atoms with Crippen molar-refractivity contribution in [2.45, 2.75) is 0 Å². The van der Waals surface area contributed by atoms with E-state index in [0.29, 0.717) is 27.7 Å². The van der Waals surface area contributed by atoms with Gasteiger partial charge in [-0.05, 0) is 24.3 Å². The van der Waals surface area contributed by atoms with Crippen molar-refractivity contribution in [1.82, 2.24) is 14.5 Å². The van der Waals surface area contributed by atoms with Crippen molar-refractivity contribution in [1.29, 1.82) is 5.26 Å². The number of ether oxygens (including phenoxy) is 1. The molecule has 0 radical (unpaired) electrons. The number of hydrogen-bond donors (Lipinski definition) is 0. The van der Waals surface area contributed by atoms with E-state index in [0.717, 1.165) is 11.3 Å². The van der Waals surface area contributed by atoms with E-state index in [4.69, 9.17) is 21.6 Å². The van der Waals surface area contributed by atoms with Gasteiger partial charge in [0.25, 0.3) is 0 Å². The number of hydrogen-bond acceptors (Lipinski definition) is 4. The second-order valence-corrected chi connectivity index (χ2v) is 5.35. The van der Waals surface area contributed by atoms with Crippen LogP contribution in [0.25, 0.3) is 22.6 Å². The number of methoxy groups -OCH3 is 1. The van der Waals surface area contributed by atoms with Crippen molar-refractivity contribution in [3.05, 3.63) is 53.4 Å². The molecule has 5 nitrogen and oxygen atoms in total. The van der Waals surface area contributed by atoms with E-state index in [-0.39, 0.29) is 0 Å². The van der Waals surface area contributed by atoms with E-state index >= 15 is 0 Å². The monoisotopic (exact) mass is 324 g/mol. The van der Waals surface area contributed by atoms with Gasteiger partial charge < -0.3 is 9.30 Å². The zero-order valence-corrected chi connectivity index (χ0v) is 13.4. The smallest absolute Gasteiger partial charge is 0.138 e. The molecule has 23 heavy (non-hydrogen) atoms. The van der Waals surface area contributed by atoms with Gasteiger partial charge >= 0.3 is 0 Å². The SMILES string of the molecule is COc1cc(-c2c(-c3cc(C#N)ccn3)ncn2C)ccc1Cl. The molecule has 0 unspecified atom stereocenters. The van der Waals surface area contributed by atoms with Crippen LogP contribution in [0.3, 0.4) is 0 Å². The first-order chi connectivity index (χ1) is 11.1. The Hall–Kier alpha value is -2.84. The van der Waals surface area contributed by atoms with Crippen LogP contribution in [0.1, 0.15) is 5.56 Å². The van der Waals surface area contributed by atoms with Crippen molar-refractivity contribution in [2.24, 2.45) is 7.05 Å². The third-order valence-corrected chi connectivity index (χ3v) is 3.81. The molecule has 0 bridgehead atoms. The lowest BCUT2D eigenvalue weighted by Gasteiger charge is -2.09. The molecule has 0 aliphatic carbocycles. The van der Waals surface area contributed by atoms with Crippen LogP contribution < -0.4 is 4.74 Å². The maximum Gasteiger partial charge on any atom is 0.138 e. The fourth-order valence-electron chi connectivity index (χ4n) is 2.39. The molecule has 6 heteroatoms. The Balaban J connectivity index is 2.18. The van der Waals surface area contributed by atoms with Gasteiger partial charge in [0.05, 0.1) is 41.5 Å². The van der Waals surface area contributed by atoms with Crippen molar-refractivity contribution in [3.8, 4) is 34.5 Å². The summed E-state index contributed by atoms with van der Waals surface area (Å²) in [5.41, 5.74) is 3.68. The third-order valence-electron chi connectivity index (χ3n) is 3.49. The van der Waals surface area contributed by atoms with Crippen LogP contribution in [0.4, 0.5) is 0 Å². The zero-order chi connectivity index (χ0) is 16.4. The number of nitrogens with zero attached hydrogens (tertiary/aromatic N) is 4. The van der Waals surface area contributed by atoms with E-state index in [9.17, 15) is 0 Å². The van der Waals surface area contributed by atoms with Crippen molar-refractivity contribution in [2.75, 3.05) is 7.11 Å². The third kappa shape index (κ3) is 2.77. The average molecular weight is 325 g/mol. The Kier molecular flexibility index (Phi) is 4.00. The van der Waals surface area contributed by atoms with Gasteiger partial charge in [-0.25, -0.2) is 4.98 Å². The lowest BCUT2D eigenvalue weighted by Crippen LogP contribution is -1.94. The summed E-state index contributed by atoms with van der Waals surface area (Å²) >= 11 is 6.10. The highest BCUT2D eigenvalue weighted by molar-refractivity contribution is 6.32. The summed E-state index contributed by atoms with van der Waals surface area (Å²) in [6.07, 6.45) is 3.32. The Labute approximate surface area is 138 Å². The van der Waals surface area contributed by atoms with Crippen LogP contribution in [-0.4, -0.2) is 21.6 Å². The van der Waals surface area contributed by atoms with Crippen LogP contribution in [-0.2, 0) is 7.05 Å². The first-order valence-corrected chi connectivity index (χ1v) is 7.23. The summed E-state index contributed by atoms with van der Waals surface area (Å²) in [4.78, 5) is 8.77. The van der Waals surface area contributed by atoms with Gasteiger partial charge in [0.2, 0.25) is 0 Å². The van der Waals surface area contributed by atoms with E-state index in [1.165, 1.54) is 0 Å². The molecular weight excluding hydrogens is 312 g/mol. The van der Waals surface area contributed by atoms with Gasteiger partial charge in [-0.3, -0.25) is 4.98 Å². The first-order valence-electron chi connectivity index (χ1n) is 6.85. The molecule has 0 N–H and O–H groups in total. The average Bonchev–Trinajstić information content (AvgIpc) is 2.97. The zero-order valence-electron chi connectivity index (χ0n) is 12.6. The molecule has 2 aromatic heterocycles. The Morgan fingerprint density at radius 3 is 2.78 bits per heavy atom. The van der Waals surface area contributed by atoms with Crippen molar-refractivity contribution < 1.29 is 4.74 Å². The summed E-state index contributed by atoms with van der Waals surface area (Å²) in [7, 11) is 3.48. The topological polar surface area (TPSA) is 63.7 Å². The van der Waals surface area contributed by atoms with Gasteiger partial charge in [0, 0.05) is 18.8 Å². The van der Waals surface area contributed by atoms with Gasteiger partial charge in [-0.2, -0.15) is 5.26 Å². The Bertz CT molecular complexity index is 911. The van der Waals surface area contributed by atoms with Crippen LogP contribution in [0, 0.1) is 11.3 Å². The van der Waals surface area contributed by atoms with E-state index in [1.54, 1.807) is 37.8 Å². The number of halogens is 1. The molecule has 2 heterocycles. The molecule has 0 atom stereocenters. The maximum atomic E-state index is 9.06. The molecule has 0 aliphatic rings. The van der Waals surface area contributed by atoms with Crippen LogP contribution in [0.15, 0.2) is 42.9 Å². The van der Waals surface area contributed by atoms with Crippen LogP contribution in [0.2, 0.25) is 5.02 Å². The van der Waals surface area contributed by atoms with E-state index < -0.39 is 0 Å². The molecular formula is C17H13ClN4O. The Morgan fingerprint density at radius 2 is 2.04 bits per heavy atom. The molecule has 3 aromatic rings. The summed E-state index contributed by atoms with van der Waals surface area (Å²) in [5.74, 6) is 0.593. The van der Waals surface area contributed by atoms with Crippen LogP contribution in [0.5, 0.6) is 5.75 Å². The molecule has 0 spiro atoms. The number of pyridine rings is 1. The molecule has 0 fully saturated rings. The van der Waals surface area contributed by atoms with Crippen LogP contribution >= 0.6 is 11.6 Å². The fourth-order valence-corrected chi connectivity index (χ4v) is 2.59. The standard InChI is InChI=1S/C17H13ClN4O/c1-22-10-21-16(14-7-11(9-19)5-6-20-14)17(22)12-3-4-13(18)15(8-12)23-2/h3-8,10H,1-2H3. The van der Waals surface area contributed by atoms with Gasteiger partial charge in [-0.1, -0.05) is 17.7 Å². The maximum absolute atomic E-state index is 9.06.